The highest BCUT2D eigenvalue weighted by atomic mass is 16.6. The highest BCUT2D eigenvalue weighted by molar-refractivity contribution is 6.27. The summed E-state index contributed by atoms with van der Waals surface area (Å²) < 4.78 is 38.8. The van der Waals surface area contributed by atoms with Gasteiger partial charge < -0.3 is 75.9 Å². The summed E-state index contributed by atoms with van der Waals surface area (Å²) in [6, 6.07) is 18.3. The van der Waals surface area contributed by atoms with Gasteiger partial charge in [0.25, 0.3) is 11.8 Å². The molecule has 0 unspecified atom stereocenters. The predicted octanol–water partition coefficient (Wildman–Crippen LogP) is 2.96. The average Bonchev–Trinajstić information content (AvgIpc) is 1.59. The van der Waals surface area contributed by atoms with Crippen molar-refractivity contribution in [1.29, 1.82) is 0 Å². The number of nitrogens with zero attached hydrogens (tertiary/aromatic N) is 7. The fraction of sp³-hybridized carbons (Fsp3) is 0.441. The van der Waals surface area contributed by atoms with E-state index in [0.29, 0.717) is 135 Å². The summed E-state index contributed by atoms with van der Waals surface area (Å²) in [6.07, 6.45) is 1.23. The second-order valence-corrected chi connectivity index (χ2v) is 21.4. The molecule has 1 aliphatic carbocycles. The first-order chi connectivity index (χ1) is 42.4. The summed E-state index contributed by atoms with van der Waals surface area (Å²) in [6.45, 7) is 11.0. The average molecular weight is 1220 g/mol. The number of H-pyrrole nitrogens is 1. The van der Waals surface area contributed by atoms with Crippen LogP contribution < -0.4 is 47.8 Å². The predicted molar refractivity (Wildman–Crippen MR) is 322 cm³/mol. The number of benzene rings is 3. The molecule has 4 heterocycles. The van der Waals surface area contributed by atoms with Crippen LogP contribution in [0.5, 0.6) is 5.75 Å². The van der Waals surface area contributed by atoms with Crippen molar-refractivity contribution in [2.75, 3.05) is 141 Å². The Labute approximate surface area is 507 Å². The number of fused-ring (bicyclic) bond motifs is 4. The second-order valence-electron chi connectivity index (χ2n) is 21.4. The Morgan fingerprint density at radius 3 is 2.02 bits per heavy atom. The number of nitrogens with one attached hydrogen (secondary N) is 6. The number of ketones is 1. The number of carbonyl (C=O) groups is 6. The monoisotopic (exact) mass is 1220 g/mol. The van der Waals surface area contributed by atoms with Gasteiger partial charge in [0.2, 0.25) is 11.9 Å². The maximum absolute atomic E-state index is 13.8. The molecule has 29 heteroatoms. The number of aliphatic carboxylic acids is 1. The van der Waals surface area contributed by atoms with Crippen LogP contribution in [0.25, 0.3) is 33.7 Å². The van der Waals surface area contributed by atoms with Crippen molar-refractivity contribution >= 4 is 69.8 Å². The van der Waals surface area contributed by atoms with Gasteiger partial charge in [0, 0.05) is 62.0 Å². The molecular weight excluding hydrogens is 1140 g/mol. The van der Waals surface area contributed by atoms with Gasteiger partial charge in [-0.1, -0.05) is 32.9 Å². The number of hydrazine groups is 1. The summed E-state index contributed by atoms with van der Waals surface area (Å²) in [4.78, 5) is 97.1. The van der Waals surface area contributed by atoms with E-state index in [1.165, 1.54) is 0 Å². The van der Waals surface area contributed by atoms with Crippen molar-refractivity contribution in [1.82, 2.24) is 56.5 Å². The summed E-state index contributed by atoms with van der Waals surface area (Å²) >= 11 is 0. The molecule has 88 heavy (non-hydrogen) atoms. The molecule has 0 saturated carbocycles. The number of nitrogen functional groups attached to an aromatic ring is 2. The van der Waals surface area contributed by atoms with E-state index in [-0.39, 0.29) is 87.0 Å². The zero-order valence-corrected chi connectivity index (χ0v) is 49.6. The number of morpholine rings is 1. The molecule has 3 aromatic heterocycles. The van der Waals surface area contributed by atoms with Crippen molar-refractivity contribution in [2.24, 2.45) is 5.41 Å². The summed E-state index contributed by atoms with van der Waals surface area (Å²) in [7, 11) is 1.83. The molecule has 3 aromatic carbocycles. The van der Waals surface area contributed by atoms with Crippen LogP contribution >= 0.6 is 0 Å². The quantitative estimate of drug-likeness (QED) is 0.0267. The van der Waals surface area contributed by atoms with Crippen LogP contribution in [0, 0.1) is 5.41 Å². The van der Waals surface area contributed by atoms with Gasteiger partial charge >= 0.3 is 12.0 Å². The molecule has 6 aromatic rings. The lowest BCUT2D eigenvalue weighted by atomic mass is 9.70. The fourth-order valence-electron chi connectivity index (χ4n) is 9.61. The third-order valence-electron chi connectivity index (χ3n) is 14.4. The normalized spacial score (nSPS) is 13.7. The van der Waals surface area contributed by atoms with E-state index in [4.69, 9.17) is 44.6 Å². The number of hydrogen-bond donors (Lipinski definition) is 9. The molecule has 1 atom stereocenters. The van der Waals surface area contributed by atoms with Gasteiger partial charge in [-0.3, -0.25) is 29.7 Å². The molecule has 11 N–H and O–H groups in total. The van der Waals surface area contributed by atoms with Crippen molar-refractivity contribution in [3.63, 3.8) is 0 Å². The highest BCUT2D eigenvalue weighted by Gasteiger charge is 2.50. The molecule has 2 aliphatic rings. The number of nitrogens with two attached hydrogens (primary N) is 2. The van der Waals surface area contributed by atoms with Crippen molar-refractivity contribution in [2.45, 2.75) is 45.7 Å². The van der Waals surface area contributed by atoms with Crippen LogP contribution in [0.1, 0.15) is 65.6 Å². The van der Waals surface area contributed by atoms with Crippen LogP contribution in [0.15, 0.2) is 72.9 Å². The maximum atomic E-state index is 13.8. The number of aromatic amines is 1. The van der Waals surface area contributed by atoms with E-state index in [0.717, 1.165) is 5.69 Å². The summed E-state index contributed by atoms with van der Waals surface area (Å²) in [5.41, 5.74) is 17.3. The number of rotatable bonds is 33. The number of carboxylic acids is 1. The zero-order chi connectivity index (χ0) is 62.6. The third kappa shape index (κ3) is 17.4. The van der Waals surface area contributed by atoms with E-state index < -0.39 is 34.8 Å². The smallest absolute Gasteiger partial charge is 0.333 e. The third-order valence-corrected chi connectivity index (χ3v) is 14.4. The Morgan fingerprint density at radius 1 is 0.773 bits per heavy atom. The van der Waals surface area contributed by atoms with E-state index >= 15 is 0 Å². The molecule has 0 radical (unpaired) electrons. The van der Waals surface area contributed by atoms with E-state index in [1.54, 1.807) is 98.7 Å². The number of hydrogen-bond acceptors (Lipinski definition) is 22. The fourth-order valence-corrected chi connectivity index (χ4v) is 9.61. The number of aromatic nitrogens is 6. The number of carbonyl (C=O) groups excluding carboxylic acids is 5. The summed E-state index contributed by atoms with van der Waals surface area (Å²) in [5.74, 6) is -2.29. The van der Waals surface area contributed by atoms with Crippen molar-refractivity contribution < 1.29 is 67.0 Å². The standard InChI is InChI=1S/C59H75N15O14/c1-58(2,3)59(55(79)80,69-54(78)38-8-12-40(13-9-38)73(4)35-39-34-64-53-50(65-39)52(60)67-56(61)68-53)17-16-44(75)62-18-22-82-26-28-85-30-32-87-33-31-86-29-27-83-23-19-63-45(76)36-88-41-14-10-37(11-15-41)48-47-49(71-70-48)42-6-5-7-43(46(42)51(47)77)66-57(81)72-74-20-24-84-25-21-74/h5-15,34H,16-33,35-36H2,1-4H3,(H,62,75)(H,63,76)(H,69,78)(H,70,71)(H,79,80)(H2,66,72,81)(H4,60,61,64,67,68)/t59-/m1/s1. The SMILES string of the molecule is CN(Cc1cnc2nc(N)nc(N)c2n1)c1ccc(C(=O)N[C@](CCC(=O)NCCOCCOCCOCCOCCOCCNC(=O)COc2ccc(-c3n[nH]c4c3C(=O)c3c(NC(=O)NN5CCOCC5)cccc3-4)cc2)(C(=O)O)C(C)(C)C)cc1. The minimum Gasteiger partial charge on any atom is -0.484 e. The molecular formula is C59H75N15O14. The van der Waals surface area contributed by atoms with Gasteiger partial charge in [0.15, 0.2) is 29.4 Å². The van der Waals surface area contributed by atoms with Crippen LogP contribution in [-0.4, -0.2) is 200 Å². The number of amides is 5. The van der Waals surface area contributed by atoms with Gasteiger partial charge in [0.1, 0.15) is 17.0 Å². The molecule has 0 spiro atoms. The Kier molecular flexibility index (Phi) is 23.0. The summed E-state index contributed by atoms with van der Waals surface area (Å²) in [5, 5.41) is 30.7. The highest BCUT2D eigenvalue weighted by Crippen LogP contribution is 2.43. The number of ether oxygens (including phenoxy) is 7. The minimum atomic E-state index is -1.78. The molecule has 8 rings (SSSR count). The maximum Gasteiger partial charge on any atom is 0.333 e. The van der Waals surface area contributed by atoms with Gasteiger partial charge in [-0.05, 0) is 66.4 Å². The lowest BCUT2D eigenvalue weighted by Gasteiger charge is -2.41. The van der Waals surface area contributed by atoms with Crippen molar-refractivity contribution in [3.05, 3.63) is 95.3 Å². The van der Waals surface area contributed by atoms with Crippen LogP contribution in [0.3, 0.4) is 0 Å². The lowest BCUT2D eigenvalue weighted by molar-refractivity contribution is -0.150. The lowest BCUT2D eigenvalue weighted by Crippen LogP contribution is -2.62. The molecule has 1 saturated heterocycles. The molecule has 470 valence electrons. The largest absolute Gasteiger partial charge is 0.484 e. The van der Waals surface area contributed by atoms with Gasteiger partial charge in [-0.2, -0.15) is 15.1 Å². The van der Waals surface area contributed by atoms with Gasteiger partial charge in [0.05, 0.1) is 120 Å². The van der Waals surface area contributed by atoms with Crippen molar-refractivity contribution in [3.8, 4) is 28.3 Å². The first-order valence-electron chi connectivity index (χ1n) is 28.6. The van der Waals surface area contributed by atoms with Crippen LogP contribution in [0.4, 0.5) is 27.9 Å². The first kappa shape index (κ1) is 65.0. The topological polar surface area (TPSA) is 386 Å². The molecule has 5 amide bonds. The molecule has 0 bridgehead atoms. The minimum absolute atomic E-state index is 0.000437. The Morgan fingerprint density at radius 2 is 1.40 bits per heavy atom. The van der Waals surface area contributed by atoms with E-state index in [1.807, 2.05) is 11.9 Å². The number of carboxylic acid groups (broad SMARTS) is 1. The Hall–Kier alpha value is -8.97. The number of anilines is 4. The van der Waals surface area contributed by atoms with Gasteiger partial charge in [-0.25, -0.2) is 24.6 Å². The molecule has 1 fully saturated rings. The second kappa shape index (κ2) is 31.1. The molecule has 29 nitrogen and oxygen atoms in total. The van der Waals surface area contributed by atoms with Gasteiger partial charge in [-0.15, -0.1) is 0 Å². The molecule has 1 aliphatic heterocycles. The number of urea groups is 1. The Bertz CT molecular complexity index is 3380. The Balaban J connectivity index is 0.609. The van der Waals surface area contributed by atoms with E-state index in [9.17, 15) is 33.9 Å². The van der Waals surface area contributed by atoms with Crippen LogP contribution in [0.2, 0.25) is 0 Å². The first-order valence-corrected chi connectivity index (χ1v) is 28.6. The van der Waals surface area contributed by atoms with Crippen LogP contribution in [-0.2, 0) is 49.3 Å². The van der Waals surface area contributed by atoms with E-state index in [2.05, 4.69) is 56.8 Å². The zero-order valence-electron chi connectivity index (χ0n) is 49.6.